The van der Waals surface area contributed by atoms with Gasteiger partial charge in [0.25, 0.3) is 0 Å². The van der Waals surface area contributed by atoms with Gasteiger partial charge in [0.2, 0.25) is 0 Å². The number of rotatable bonds is 5. The predicted molar refractivity (Wildman–Crippen MR) is 90.5 cm³/mol. The monoisotopic (exact) mass is 359 g/mol. The topological polar surface area (TPSA) is 72.9 Å². The summed E-state index contributed by atoms with van der Waals surface area (Å²) in [5, 5.41) is 12.5. The van der Waals surface area contributed by atoms with Crippen molar-refractivity contribution in [3.8, 4) is 0 Å². The van der Waals surface area contributed by atoms with Crippen LogP contribution in [0.4, 0.5) is 10.5 Å². The van der Waals surface area contributed by atoms with Crippen LogP contribution >= 0.6 is 23.2 Å². The Morgan fingerprint density at radius 2 is 1.74 bits per heavy atom. The molecule has 23 heavy (non-hydrogen) atoms. The second kappa shape index (κ2) is 8.26. The second-order valence-corrected chi connectivity index (χ2v) is 6.09. The van der Waals surface area contributed by atoms with E-state index < -0.39 is 5.97 Å². The maximum Gasteiger partial charge on any atom is 0.317 e. The molecule has 0 spiro atoms. The van der Waals surface area contributed by atoms with Gasteiger partial charge in [-0.15, -0.1) is 0 Å². The minimum Gasteiger partial charge on any atom is -0.481 e. The van der Waals surface area contributed by atoms with E-state index in [-0.39, 0.29) is 12.5 Å². The molecule has 0 unspecified atom stereocenters. The molecule has 0 atom stereocenters. The summed E-state index contributed by atoms with van der Waals surface area (Å²) in [6, 6.07) is 5.23. The van der Waals surface area contributed by atoms with Gasteiger partial charge in [0.1, 0.15) is 0 Å². The Kier molecular flexibility index (Phi) is 6.36. The summed E-state index contributed by atoms with van der Waals surface area (Å²) in [6.45, 7) is 2.78. The van der Waals surface area contributed by atoms with E-state index in [0.717, 1.165) is 5.69 Å². The van der Waals surface area contributed by atoms with Crippen molar-refractivity contribution in [1.29, 1.82) is 0 Å². The molecule has 0 saturated carbocycles. The van der Waals surface area contributed by atoms with Crippen molar-refractivity contribution < 1.29 is 14.7 Å². The number of carbonyl (C=O) groups is 2. The van der Waals surface area contributed by atoms with E-state index in [1.165, 1.54) is 0 Å². The molecule has 2 rings (SSSR count). The highest BCUT2D eigenvalue weighted by Crippen LogP contribution is 2.33. The fraction of sp³-hybridized carbons (Fsp3) is 0.467. The zero-order valence-electron chi connectivity index (χ0n) is 12.6. The minimum absolute atomic E-state index is 0.0546. The number of carboxylic acids is 1. The first-order chi connectivity index (χ1) is 11.0. The van der Waals surface area contributed by atoms with Crippen LogP contribution in [0.15, 0.2) is 18.2 Å². The number of amides is 2. The molecule has 1 saturated heterocycles. The number of halogens is 2. The summed E-state index contributed by atoms with van der Waals surface area (Å²) < 4.78 is 0. The summed E-state index contributed by atoms with van der Waals surface area (Å²) in [6.07, 6.45) is 0.481. The fourth-order valence-corrected chi connectivity index (χ4v) is 3.11. The van der Waals surface area contributed by atoms with Crippen molar-refractivity contribution in [2.75, 3.05) is 37.6 Å². The van der Waals surface area contributed by atoms with Gasteiger partial charge in [-0.2, -0.15) is 0 Å². The van der Waals surface area contributed by atoms with Crippen LogP contribution in [0, 0.1) is 0 Å². The number of nitrogens with one attached hydrogen (secondary N) is 1. The third kappa shape index (κ3) is 4.91. The van der Waals surface area contributed by atoms with Crippen molar-refractivity contribution in [2.45, 2.75) is 12.8 Å². The molecule has 0 aromatic heterocycles. The number of nitrogens with zero attached hydrogens (tertiary/aromatic N) is 2. The highest BCUT2D eigenvalue weighted by atomic mass is 35.5. The van der Waals surface area contributed by atoms with Crippen LogP contribution in [0.1, 0.15) is 12.8 Å². The average Bonchev–Trinajstić information content (AvgIpc) is 2.51. The fourth-order valence-electron chi connectivity index (χ4n) is 2.47. The van der Waals surface area contributed by atoms with Gasteiger partial charge in [0, 0.05) is 39.1 Å². The Bertz CT molecular complexity index is 555. The van der Waals surface area contributed by atoms with Gasteiger partial charge in [-0.1, -0.05) is 29.3 Å². The van der Waals surface area contributed by atoms with Gasteiger partial charge in [0.15, 0.2) is 0 Å². The van der Waals surface area contributed by atoms with Crippen molar-refractivity contribution in [3.05, 3.63) is 28.2 Å². The van der Waals surface area contributed by atoms with Gasteiger partial charge < -0.3 is 20.2 Å². The molecular formula is C15H19Cl2N3O3. The quantitative estimate of drug-likeness (QED) is 0.792. The first-order valence-electron chi connectivity index (χ1n) is 7.42. The largest absolute Gasteiger partial charge is 0.481 e. The zero-order chi connectivity index (χ0) is 16.8. The summed E-state index contributed by atoms with van der Waals surface area (Å²) >= 11 is 12.4. The third-order valence-corrected chi connectivity index (χ3v) is 4.27. The van der Waals surface area contributed by atoms with Crippen molar-refractivity contribution >= 4 is 40.9 Å². The van der Waals surface area contributed by atoms with E-state index in [4.69, 9.17) is 28.3 Å². The third-order valence-electron chi connectivity index (χ3n) is 3.66. The molecule has 0 aliphatic carbocycles. The van der Waals surface area contributed by atoms with E-state index in [0.29, 0.717) is 49.2 Å². The van der Waals surface area contributed by atoms with Crippen LogP contribution in [0.5, 0.6) is 0 Å². The molecule has 1 aliphatic rings. The van der Waals surface area contributed by atoms with Gasteiger partial charge in [-0.3, -0.25) is 4.79 Å². The van der Waals surface area contributed by atoms with Crippen LogP contribution in [0.3, 0.4) is 0 Å². The predicted octanol–water partition coefficient (Wildman–Crippen LogP) is 2.69. The number of hydrogen-bond acceptors (Lipinski definition) is 3. The summed E-state index contributed by atoms with van der Waals surface area (Å²) in [7, 11) is 0. The van der Waals surface area contributed by atoms with Crippen molar-refractivity contribution in [3.63, 3.8) is 0 Å². The highest BCUT2D eigenvalue weighted by Gasteiger charge is 2.23. The summed E-state index contributed by atoms with van der Waals surface area (Å²) in [4.78, 5) is 26.2. The molecule has 2 N–H and O–H groups in total. The Balaban J connectivity index is 1.81. The number of aliphatic carboxylic acids is 1. The van der Waals surface area contributed by atoms with Crippen LogP contribution in [0.25, 0.3) is 0 Å². The highest BCUT2D eigenvalue weighted by molar-refractivity contribution is 6.39. The number of benzene rings is 1. The number of para-hydroxylation sites is 1. The molecule has 1 aromatic carbocycles. The number of carbonyl (C=O) groups excluding carboxylic acids is 1. The molecule has 6 nitrogen and oxygen atoms in total. The molecule has 0 radical (unpaired) electrons. The number of urea groups is 1. The van der Waals surface area contributed by atoms with Crippen LogP contribution in [-0.4, -0.2) is 54.7 Å². The van der Waals surface area contributed by atoms with E-state index >= 15 is 0 Å². The van der Waals surface area contributed by atoms with Gasteiger partial charge in [-0.05, 0) is 18.6 Å². The minimum atomic E-state index is -0.857. The molecule has 8 heteroatoms. The van der Waals surface area contributed by atoms with E-state index in [1.54, 1.807) is 23.1 Å². The summed E-state index contributed by atoms with van der Waals surface area (Å²) in [5.41, 5.74) is 0.803. The van der Waals surface area contributed by atoms with Crippen molar-refractivity contribution in [1.82, 2.24) is 10.2 Å². The Morgan fingerprint density at radius 1 is 1.13 bits per heavy atom. The molecule has 126 valence electrons. The first kappa shape index (κ1) is 17.7. The molecule has 2 amide bonds. The van der Waals surface area contributed by atoms with E-state index in [9.17, 15) is 9.59 Å². The molecular weight excluding hydrogens is 341 g/mol. The molecule has 1 fully saturated rings. The smallest absolute Gasteiger partial charge is 0.317 e. The lowest BCUT2D eigenvalue weighted by Gasteiger charge is -2.36. The second-order valence-electron chi connectivity index (χ2n) is 5.27. The number of piperazine rings is 1. The van der Waals surface area contributed by atoms with E-state index in [2.05, 4.69) is 10.2 Å². The molecule has 1 aromatic rings. The van der Waals surface area contributed by atoms with Gasteiger partial charge in [0.05, 0.1) is 15.7 Å². The number of anilines is 1. The number of carboxylic acid groups (broad SMARTS) is 1. The van der Waals surface area contributed by atoms with Crippen LogP contribution < -0.4 is 10.2 Å². The maximum absolute atomic E-state index is 12.0. The first-order valence-corrected chi connectivity index (χ1v) is 8.18. The average molecular weight is 360 g/mol. The molecule has 1 heterocycles. The lowest BCUT2D eigenvalue weighted by Crippen LogP contribution is -2.52. The lowest BCUT2D eigenvalue weighted by molar-refractivity contribution is -0.137. The normalized spacial score (nSPS) is 14.7. The van der Waals surface area contributed by atoms with Crippen molar-refractivity contribution in [2.24, 2.45) is 0 Å². The zero-order valence-corrected chi connectivity index (χ0v) is 14.1. The van der Waals surface area contributed by atoms with Gasteiger partial charge in [-0.25, -0.2) is 4.79 Å². The maximum atomic E-state index is 12.0. The molecule has 1 aliphatic heterocycles. The van der Waals surface area contributed by atoms with Crippen LogP contribution in [-0.2, 0) is 4.79 Å². The molecule has 0 bridgehead atoms. The Labute approximate surface area is 145 Å². The SMILES string of the molecule is O=C(O)CCCNC(=O)N1CCN(c2c(Cl)cccc2Cl)CC1. The number of hydrogen-bond donors (Lipinski definition) is 2. The Hall–Kier alpha value is -1.66. The van der Waals surface area contributed by atoms with Crippen LogP contribution in [0.2, 0.25) is 10.0 Å². The Morgan fingerprint density at radius 3 is 2.30 bits per heavy atom. The summed E-state index contributed by atoms with van der Waals surface area (Å²) in [5.74, 6) is -0.857. The van der Waals surface area contributed by atoms with Gasteiger partial charge >= 0.3 is 12.0 Å². The van der Waals surface area contributed by atoms with E-state index in [1.807, 2.05) is 0 Å². The lowest BCUT2D eigenvalue weighted by atomic mass is 10.2. The standard InChI is InChI=1S/C15H19Cl2N3O3/c16-11-3-1-4-12(17)14(11)19-7-9-20(10-8-19)15(23)18-6-2-5-13(21)22/h1,3-4H,2,5-10H2,(H,18,23)(H,21,22).